The number of carbonyl (C=O) groups is 1. The van der Waals surface area contributed by atoms with Gasteiger partial charge in [-0.1, -0.05) is 6.07 Å². The van der Waals surface area contributed by atoms with Crippen LogP contribution >= 0.6 is 0 Å². The van der Waals surface area contributed by atoms with Crippen molar-refractivity contribution in [2.75, 3.05) is 32.6 Å². The van der Waals surface area contributed by atoms with Crippen molar-refractivity contribution in [3.63, 3.8) is 0 Å². The van der Waals surface area contributed by atoms with Gasteiger partial charge in [0.25, 0.3) is 5.91 Å². The highest BCUT2D eigenvalue weighted by atomic mass is 32.2. The summed E-state index contributed by atoms with van der Waals surface area (Å²) in [4.78, 5) is 24.5. The van der Waals surface area contributed by atoms with Crippen molar-refractivity contribution in [1.29, 1.82) is 0 Å². The number of nitrogens with zero attached hydrogens (tertiary/aromatic N) is 6. The summed E-state index contributed by atoms with van der Waals surface area (Å²) in [5.74, 6) is 0.385. The Bertz CT molecular complexity index is 1320. The second kappa shape index (κ2) is 8.29. The molecule has 4 heterocycles. The fraction of sp³-hybridized carbons (Fsp3) is 0.273. The van der Waals surface area contributed by atoms with Crippen LogP contribution < -0.4 is 0 Å². The first-order valence-electron chi connectivity index (χ1n) is 10.2. The number of benzene rings is 1. The lowest BCUT2D eigenvalue weighted by Gasteiger charge is -2.26. The number of ether oxygens (including phenoxy) is 1. The van der Waals surface area contributed by atoms with Crippen molar-refractivity contribution < 1.29 is 13.7 Å². The Morgan fingerprint density at radius 2 is 1.88 bits per heavy atom. The molecule has 1 aromatic carbocycles. The average Bonchev–Trinajstić information content (AvgIpc) is 3.43. The van der Waals surface area contributed by atoms with Gasteiger partial charge in [0.1, 0.15) is 0 Å². The molecular weight excluding hydrogens is 428 g/mol. The normalized spacial score (nSPS) is 15.2. The summed E-state index contributed by atoms with van der Waals surface area (Å²) < 4.78 is 21.2. The Morgan fingerprint density at radius 3 is 2.53 bits per heavy atom. The molecule has 1 saturated heterocycles. The van der Waals surface area contributed by atoms with E-state index in [0.29, 0.717) is 42.7 Å². The van der Waals surface area contributed by atoms with Crippen LogP contribution in [-0.4, -0.2) is 71.9 Å². The van der Waals surface area contributed by atoms with E-state index in [4.69, 9.17) is 4.74 Å². The third kappa shape index (κ3) is 3.71. The summed E-state index contributed by atoms with van der Waals surface area (Å²) in [5.41, 5.74) is 2.88. The quantitative estimate of drug-likeness (QED) is 0.472. The van der Waals surface area contributed by atoms with Gasteiger partial charge in [-0.25, -0.2) is 9.97 Å². The Hall–Kier alpha value is -3.37. The number of amides is 1. The zero-order chi connectivity index (χ0) is 22.2. The number of hydrogen-bond donors (Lipinski definition) is 0. The fourth-order valence-corrected chi connectivity index (χ4v) is 4.56. The van der Waals surface area contributed by atoms with Gasteiger partial charge in [0.05, 0.1) is 40.1 Å². The molecule has 1 atom stereocenters. The van der Waals surface area contributed by atoms with E-state index in [1.165, 1.54) is 0 Å². The highest BCUT2D eigenvalue weighted by molar-refractivity contribution is 7.84. The van der Waals surface area contributed by atoms with E-state index in [0.717, 1.165) is 22.2 Å². The van der Waals surface area contributed by atoms with E-state index >= 15 is 0 Å². The summed E-state index contributed by atoms with van der Waals surface area (Å²) in [6, 6.07) is 7.34. The molecule has 1 unspecified atom stereocenters. The van der Waals surface area contributed by atoms with Crippen molar-refractivity contribution in [3.05, 3.63) is 54.6 Å². The van der Waals surface area contributed by atoms with E-state index in [9.17, 15) is 9.00 Å². The number of aryl methyl sites for hydroxylation is 1. The first kappa shape index (κ1) is 20.5. The smallest absolute Gasteiger partial charge is 0.254 e. The van der Waals surface area contributed by atoms with Gasteiger partial charge in [-0.05, 0) is 18.2 Å². The van der Waals surface area contributed by atoms with Gasteiger partial charge in [0.2, 0.25) is 5.95 Å². The molecule has 0 spiro atoms. The minimum absolute atomic E-state index is 0.0476. The summed E-state index contributed by atoms with van der Waals surface area (Å²) >= 11 is 0. The Balaban J connectivity index is 1.57. The van der Waals surface area contributed by atoms with Gasteiger partial charge < -0.3 is 9.64 Å². The van der Waals surface area contributed by atoms with Crippen molar-refractivity contribution in [3.8, 4) is 17.2 Å². The molecule has 0 saturated carbocycles. The number of morpholine rings is 1. The molecule has 9 nitrogen and oxygen atoms in total. The molecule has 5 rings (SSSR count). The van der Waals surface area contributed by atoms with Gasteiger partial charge in [0, 0.05) is 67.7 Å². The summed E-state index contributed by atoms with van der Waals surface area (Å²) in [6.07, 6.45) is 8.69. The minimum atomic E-state index is -1.21. The summed E-state index contributed by atoms with van der Waals surface area (Å²) in [7, 11) is 0.644. The van der Waals surface area contributed by atoms with E-state index in [1.807, 2.05) is 31.4 Å². The molecule has 10 heteroatoms. The zero-order valence-electron chi connectivity index (χ0n) is 17.8. The van der Waals surface area contributed by atoms with Crippen LogP contribution in [0.1, 0.15) is 10.4 Å². The maximum absolute atomic E-state index is 13.0. The number of aromatic nitrogens is 5. The van der Waals surface area contributed by atoms with Crippen molar-refractivity contribution in [2.24, 2.45) is 7.05 Å². The molecule has 0 bridgehead atoms. The molecule has 1 amide bonds. The Kier molecular flexibility index (Phi) is 5.32. The van der Waals surface area contributed by atoms with Crippen LogP contribution in [-0.2, 0) is 22.6 Å². The van der Waals surface area contributed by atoms with E-state index in [1.54, 1.807) is 45.1 Å². The maximum Gasteiger partial charge on any atom is 0.254 e. The monoisotopic (exact) mass is 450 g/mol. The van der Waals surface area contributed by atoms with Crippen molar-refractivity contribution >= 4 is 27.6 Å². The molecule has 32 heavy (non-hydrogen) atoms. The van der Waals surface area contributed by atoms with Gasteiger partial charge in [-0.3, -0.25) is 18.3 Å². The van der Waals surface area contributed by atoms with Crippen molar-refractivity contribution in [2.45, 2.75) is 4.90 Å². The minimum Gasteiger partial charge on any atom is -0.378 e. The third-order valence-electron chi connectivity index (χ3n) is 5.49. The largest absolute Gasteiger partial charge is 0.378 e. The Morgan fingerprint density at radius 1 is 1.12 bits per heavy atom. The lowest BCUT2D eigenvalue weighted by molar-refractivity contribution is 0.0303. The first-order chi connectivity index (χ1) is 15.5. The average molecular weight is 451 g/mol. The van der Waals surface area contributed by atoms with Crippen LogP contribution in [0.4, 0.5) is 0 Å². The number of fused-ring (bicyclic) bond motifs is 1. The molecule has 3 aromatic heterocycles. The second-order valence-corrected chi connectivity index (χ2v) is 8.95. The molecule has 1 aliphatic heterocycles. The zero-order valence-corrected chi connectivity index (χ0v) is 18.6. The van der Waals surface area contributed by atoms with Crippen LogP contribution in [0.5, 0.6) is 0 Å². The van der Waals surface area contributed by atoms with Gasteiger partial charge >= 0.3 is 0 Å². The molecule has 0 N–H and O–H groups in total. The van der Waals surface area contributed by atoms with Crippen molar-refractivity contribution in [1.82, 2.24) is 29.2 Å². The lowest BCUT2D eigenvalue weighted by Crippen LogP contribution is -2.40. The van der Waals surface area contributed by atoms with Gasteiger partial charge in [0.15, 0.2) is 0 Å². The highest BCUT2D eigenvalue weighted by Gasteiger charge is 2.21. The topological polar surface area (TPSA) is 95.1 Å². The maximum atomic E-state index is 13.0. The molecule has 4 aromatic rings. The summed E-state index contributed by atoms with van der Waals surface area (Å²) in [5, 5.41) is 5.18. The molecule has 0 aliphatic carbocycles. The fourth-order valence-electron chi connectivity index (χ4n) is 3.82. The first-order valence-corrected chi connectivity index (χ1v) is 11.7. The van der Waals surface area contributed by atoms with Crippen LogP contribution in [0.25, 0.3) is 28.1 Å². The number of carbonyl (C=O) groups excluding carboxylic acids is 1. The third-order valence-corrected chi connectivity index (χ3v) is 6.43. The highest BCUT2D eigenvalue weighted by Crippen LogP contribution is 2.28. The molecular formula is C22H22N6O3S. The predicted molar refractivity (Wildman–Crippen MR) is 120 cm³/mol. The Labute approximate surface area is 187 Å². The van der Waals surface area contributed by atoms with Crippen LogP contribution in [0.15, 0.2) is 53.9 Å². The van der Waals surface area contributed by atoms with Gasteiger partial charge in [-0.15, -0.1) is 0 Å². The predicted octanol–water partition coefficient (Wildman–Crippen LogP) is 2.03. The van der Waals surface area contributed by atoms with Crippen LogP contribution in [0.3, 0.4) is 0 Å². The van der Waals surface area contributed by atoms with Crippen LogP contribution in [0.2, 0.25) is 0 Å². The van der Waals surface area contributed by atoms with Crippen LogP contribution in [0, 0.1) is 0 Å². The van der Waals surface area contributed by atoms with Gasteiger partial charge in [-0.2, -0.15) is 5.10 Å². The standard InChI is InChI=1S/C22H22N6O3S/c1-26-6-5-18(25-26)16-12-23-22(24-13-16)28-14-20(32(2)30)17-4-3-15(11-19(17)28)21(29)27-7-9-31-10-8-27/h3-6,11-14H,7-10H2,1-2H3. The van der Waals surface area contributed by atoms with E-state index < -0.39 is 10.8 Å². The van der Waals surface area contributed by atoms with E-state index in [2.05, 4.69) is 15.1 Å². The molecule has 1 fully saturated rings. The number of rotatable bonds is 4. The summed E-state index contributed by atoms with van der Waals surface area (Å²) in [6.45, 7) is 2.22. The van der Waals surface area contributed by atoms with E-state index in [-0.39, 0.29) is 5.91 Å². The second-order valence-electron chi connectivity index (χ2n) is 7.60. The molecule has 164 valence electrons. The number of hydrogen-bond acceptors (Lipinski definition) is 6. The lowest BCUT2D eigenvalue weighted by atomic mass is 10.1. The SMILES string of the molecule is Cn1ccc(-c2cnc(-n3cc(S(C)=O)c4ccc(C(=O)N5CCOCC5)cc43)nc2)n1. The molecule has 0 radical (unpaired) electrons. The molecule has 1 aliphatic rings.